The van der Waals surface area contributed by atoms with Gasteiger partial charge in [-0.05, 0) is 44.5 Å². The molecule has 0 aliphatic carbocycles. The van der Waals surface area contributed by atoms with Gasteiger partial charge < -0.3 is 19.9 Å². The molecule has 1 fully saturated rings. The normalized spacial score (nSPS) is 16.5. The summed E-state index contributed by atoms with van der Waals surface area (Å²) in [7, 11) is 0. The zero-order chi connectivity index (χ0) is 17.4. The van der Waals surface area contributed by atoms with Crippen molar-refractivity contribution in [2.75, 3.05) is 26.2 Å². The lowest BCUT2D eigenvalue weighted by molar-refractivity contribution is -0.140. The summed E-state index contributed by atoms with van der Waals surface area (Å²) >= 11 is 0. The number of aromatic amines is 1. The molecule has 128 valence electrons. The Kier molecular flexibility index (Phi) is 4.32. The number of hydrogen-bond donors (Lipinski definition) is 2. The molecule has 3 rings (SSSR count). The van der Waals surface area contributed by atoms with E-state index in [9.17, 15) is 14.7 Å². The van der Waals surface area contributed by atoms with Crippen molar-refractivity contribution in [3.05, 3.63) is 35.0 Å². The third kappa shape index (κ3) is 2.89. The smallest absolute Gasteiger partial charge is 0.253 e. The van der Waals surface area contributed by atoms with Crippen LogP contribution in [0.1, 0.15) is 28.5 Å². The zero-order valence-electron chi connectivity index (χ0n) is 14.3. The Morgan fingerprint density at radius 3 is 2.38 bits per heavy atom. The topological polar surface area (TPSA) is 76.6 Å². The van der Waals surface area contributed by atoms with Crippen molar-refractivity contribution < 1.29 is 14.7 Å². The van der Waals surface area contributed by atoms with E-state index in [1.807, 2.05) is 32.0 Å². The van der Waals surface area contributed by atoms with Gasteiger partial charge in [-0.3, -0.25) is 9.59 Å². The number of benzene rings is 1. The highest BCUT2D eigenvalue weighted by Crippen LogP contribution is 2.23. The molecule has 6 heteroatoms. The average Bonchev–Trinajstić information content (AvgIpc) is 2.87. The number of aliphatic hydroxyl groups excluding tert-OH is 1. The van der Waals surface area contributed by atoms with Crippen molar-refractivity contribution in [2.24, 2.45) is 0 Å². The van der Waals surface area contributed by atoms with Gasteiger partial charge >= 0.3 is 0 Å². The molecule has 0 bridgehead atoms. The van der Waals surface area contributed by atoms with Crippen molar-refractivity contribution in [3.63, 3.8) is 0 Å². The SMILES string of the molecule is Cc1[nH]c2ccc(C(=O)N3CCN(C(=O)C(C)O)CC3)cc2c1C. The number of amides is 2. The van der Waals surface area contributed by atoms with E-state index in [4.69, 9.17) is 0 Å². The lowest BCUT2D eigenvalue weighted by Crippen LogP contribution is -2.52. The van der Waals surface area contributed by atoms with Gasteiger partial charge in [-0.1, -0.05) is 0 Å². The summed E-state index contributed by atoms with van der Waals surface area (Å²) in [6, 6.07) is 5.72. The van der Waals surface area contributed by atoms with Crippen LogP contribution in [-0.4, -0.2) is 64.0 Å². The summed E-state index contributed by atoms with van der Waals surface area (Å²) in [5.74, 6) is -0.291. The van der Waals surface area contributed by atoms with Crippen molar-refractivity contribution in [1.82, 2.24) is 14.8 Å². The van der Waals surface area contributed by atoms with Gasteiger partial charge in [0.05, 0.1) is 0 Å². The molecule has 2 N–H and O–H groups in total. The molecule has 2 amide bonds. The number of carbonyl (C=O) groups is 2. The Hall–Kier alpha value is -2.34. The third-order valence-corrected chi connectivity index (χ3v) is 4.79. The fourth-order valence-corrected chi connectivity index (χ4v) is 3.17. The molecule has 0 saturated carbocycles. The van der Waals surface area contributed by atoms with Crippen molar-refractivity contribution >= 4 is 22.7 Å². The first-order chi connectivity index (χ1) is 11.4. The van der Waals surface area contributed by atoms with Gasteiger partial charge in [0.15, 0.2) is 0 Å². The highest BCUT2D eigenvalue weighted by atomic mass is 16.3. The van der Waals surface area contributed by atoms with E-state index in [1.54, 1.807) is 9.80 Å². The number of carbonyl (C=O) groups excluding carboxylic acids is 2. The average molecular weight is 329 g/mol. The maximum atomic E-state index is 12.7. The molecule has 1 atom stereocenters. The minimum absolute atomic E-state index is 0.0145. The van der Waals surface area contributed by atoms with Crippen LogP contribution in [-0.2, 0) is 4.79 Å². The van der Waals surface area contributed by atoms with Gasteiger partial charge in [0.25, 0.3) is 11.8 Å². The summed E-state index contributed by atoms with van der Waals surface area (Å²) in [6.07, 6.45) is -0.991. The number of aliphatic hydroxyl groups is 1. The standard InChI is InChI=1S/C18H23N3O3/c1-11-12(2)19-16-5-4-14(10-15(11)16)18(24)21-8-6-20(7-9-21)17(23)13(3)22/h4-5,10,13,19,22H,6-9H2,1-3H3. The molecule has 6 nitrogen and oxygen atoms in total. The summed E-state index contributed by atoms with van der Waals surface area (Å²) in [4.78, 5) is 31.2. The van der Waals surface area contributed by atoms with Gasteiger partial charge in [-0.15, -0.1) is 0 Å². The van der Waals surface area contributed by atoms with Gasteiger partial charge in [0, 0.05) is 48.3 Å². The van der Waals surface area contributed by atoms with Crippen LogP contribution >= 0.6 is 0 Å². The number of piperazine rings is 1. The zero-order valence-corrected chi connectivity index (χ0v) is 14.3. The van der Waals surface area contributed by atoms with Crippen molar-refractivity contribution in [3.8, 4) is 0 Å². The van der Waals surface area contributed by atoms with E-state index < -0.39 is 6.10 Å². The van der Waals surface area contributed by atoms with Crippen LogP contribution < -0.4 is 0 Å². The minimum Gasteiger partial charge on any atom is -0.384 e. The first kappa shape index (κ1) is 16.5. The Morgan fingerprint density at radius 1 is 1.12 bits per heavy atom. The highest BCUT2D eigenvalue weighted by molar-refractivity contribution is 5.99. The molecule has 0 radical (unpaired) electrons. The van der Waals surface area contributed by atoms with E-state index in [-0.39, 0.29) is 11.8 Å². The van der Waals surface area contributed by atoms with Gasteiger partial charge in [-0.25, -0.2) is 0 Å². The van der Waals surface area contributed by atoms with Crippen LogP contribution in [0, 0.1) is 13.8 Å². The van der Waals surface area contributed by atoms with Crippen LogP contribution in [0.25, 0.3) is 10.9 Å². The van der Waals surface area contributed by atoms with E-state index >= 15 is 0 Å². The van der Waals surface area contributed by atoms with Crippen LogP contribution in [0.5, 0.6) is 0 Å². The second-order valence-electron chi connectivity index (χ2n) is 6.43. The van der Waals surface area contributed by atoms with Gasteiger partial charge in [0.1, 0.15) is 6.10 Å². The van der Waals surface area contributed by atoms with Crippen LogP contribution in [0.15, 0.2) is 18.2 Å². The first-order valence-electron chi connectivity index (χ1n) is 8.23. The van der Waals surface area contributed by atoms with Gasteiger partial charge in [0.2, 0.25) is 0 Å². The molecule has 0 spiro atoms. The van der Waals surface area contributed by atoms with E-state index in [0.717, 1.165) is 22.2 Å². The molecular formula is C18H23N3O3. The highest BCUT2D eigenvalue weighted by Gasteiger charge is 2.26. The second kappa shape index (κ2) is 6.28. The Morgan fingerprint density at radius 2 is 1.75 bits per heavy atom. The van der Waals surface area contributed by atoms with Crippen LogP contribution in [0.4, 0.5) is 0 Å². The lowest BCUT2D eigenvalue weighted by Gasteiger charge is -2.35. The fourth-order valence-electron chi connectivity index (χ4n) is 3.17. The molecule has 1 aliphatic heterocycles. The van der Waals surface area contributed by atoms with E-state index in [2.05, 4.69) is 4.98 Å². The first-order valence-corrected chi connectivity index (χ1v) is 8.23. The number of aromatic nitrogens is 1. The fraction of sp³-hybridized carbons (Fsp3) is 0.444. The Bertz CT molecular complexity index is 786. The molecule has 2 aromatic rings. The molecule has 1 saturated heterocycles. The van der Waals surface area contributed by atoms with Crippen molar-refractivity contribution in [2.45, 2.75) is 26.9 Å². The maximum Gasteiger partial charge on any atom is 0.253 e. The number of nitrogens with one attached hydrogen (secondary N) is 1. The monoisotopic (exact) mass is 329 g/mol. The molecule has 1 unspecified atom stereocenters. The number of rotatable bonds is 2. The third-order valence-electron chi connectivity index (χ3n) is 4.79. The summed E-state index contributed by atoms with van der Waals surface area (Å²) in [5, 5.41) is 10.5. The number of hydrogen-bond acceptors (Lipinski definition) is 3. The number of nitrogens with zero attached hydrogens (tertiary/aromatic N) is 2. The van der Waals surface area contributed by atoms with Crippen LogP contribution in [0.2, 0.25) is 0 Å². The largest absolute Gasteiger partial charge is 0.384 e. The molecule has 24 heavy (non-hydrogen) atoms. The molecule has 1 aliphatic rings. The molecular weight excluding hydrogens is 306 g/mol. The quantitative estimate of drug-likeness (QED) is 0.875. The van der Waals surface area contributed by atoms with E-state index in [0.29, 0.717) is 31.7 Å². The summed E-state index contributed by atoms with van der Waals surface area (Å²) in [6.45, 7) is 7.43. The second-order valence-corrected chi connectivity index (χ2v) is 6.43. The maximum absolute atomic E-state index is 12.7. The van der Waals surface area contributed by atoms with Gasteiger partial charge in [-0.2, -0.15) is 0 Å². The summed E-state index contributed by atoms with van der Waals surface area (Å²) in [5.41, 5.74) is 3.97. The van der Waals surface area contributed by atoms with E-state index in [1.165, 1.54) is 6.92 Å². The number of H-pyrrole nitrogens is 1. The number of fused-ring (bicyclic) bond motifs is 1. The molecule has 1 aromatic heterocycles. The Labute approximate surface area is 141 Å². The number of aryl methyl sites for hydroxylation is 2. The van der Waals surface area contributed by atoms with Crippen molar-refractivity contribution in [1.29, 1.82) is 0 Å². The Balaban J connectivity index is 1.74. The molecule has 2 heterocycles. The molecule has 1 aromatic carbocycles. The minimum atomic E-state index is -0.991. The summed E-state index contributed by atoms with van der Waals surface area (Å²) < 4.78 is 0. The lowest BCUT2D eigenvalue weighted by atomic mass is 10.1. The predicted octanol–water partition coefficient (Wildman–Crippen LogP) is 1.45. The predicted molar refractivity (Wildman–Crippen MR) is 91.9 cm³/mol. The van der Waals surface area contributed by atoms with Crippen LogP contribution in [0.3, 0.4) is 0 Å².